The minimum atomic E-state index is 0.425. The average molecular weight is 201 g/mol. The Balaban J connectivity index is 4.05. The van der Waals surface area contributed by atoms with Crippen LogP contribution in [0.3, 0.4) is 0 Å². The van der Waals surface area contributed by atoms with Crippen LogP contribution in [0.2, 0.25) is 0 Å². The lowest BCUT2D eigenvalue weighted by molar-refractivity contribution is 0.237. The molecule has 0 rings (SSSR count). The summed E-state index contributed by atoms with van der Waals surface area (Å²) < 4.78 is 0. The minimum absolute atomic E-state index is 0.425. The lowest BCUT2D eigenvalue weighted by Gasteiger charge is -2.29. The normalized spacial score (nSPS) is 13.8. The van der Waals surface area contributed by atoms with Crippen LogP contribution in [0.4, 0.5) is 0 Å². The Labute approximate surface area is 89.9 Å². The lowest BCUT2D eigenvalue weighted by Crippen LogP contribution is -2.20. The van der Waals surface area contributed by atoms with Crippen LogP contribution in [-0.4, -0.2) is 5.75 Å². The van der Waals surface area contributed by atoms with E-state index in [1.165, 1.54) is 12.8 Å². The van der Waals surface area contributed by atoms with Crippen molar-refractivity contribution in [3.63, 3.8) is 0 Å². The molecule has 0 aliphatic rings. The monoisotopic (exact) mass is 201 g/mol. The van der Waals surface area contributed by atoms with Crippen LogP contribution in [0.25, 0.3) is 0 Å². The molecule has 0 amide bonds. The Morgan fingerprint density at radius 1 is 0.846 bits per heavy atom. The van der Waals surface area contributed by atoms with E-state index in [0.717, 1.165) is 11.7 Å². The van der Waals surface area contributed by atoms with Crippen molar-refractivity contribution < 1.29 is 0 Å². The van der Waals surface area contributed by atoms with E-state index in [9.17, 15) is 0 Å². The predicted molar refractivity (Wildman–Crippen MR) is 64.1 cm³/mol. The summed E-state index contributed by atoms with van der Waals surface area (Å²) in [5, 5.41) is 0. The van der Waals surface area contributed by atoms with Gasteiger partial charge in [-0.3, -0.25) is 0 Å². The average Bonchev–Trinajstić information content (AvgIpc) is 1.79. The summed E-state index contributed by atoms with van der Waals surface area (Å²) in [4.78, 5) is 0. The third-order valence-corrected chi connectivity index (χ3v) is 2.51. The van der Waals surface area contributed by atoms with Crippen LogP contribution in [-0.2, 0) is 0 Å². The van der Waals surface area contributed by atoms with Gasteiger partial charge in [0.2, 0.25) is 0 Å². The van der Waals surface area contributed by atoms with Gasteiger partial charge in [0.1, 0.15) is 0 Å². The maximum atomic E-state index is 5.21. The number of hydrogen-bond donors (Lipinski definition) is 0. The molecule has 0 saturated heterocycles. The molecule has 0 N–H and O–H groups in total. The summed E-state index contributed by atoms with van der Waals surface area (Å²) in [5.74, 6) is 1.63. The molecule has 0 spiro atoms. The first-order valence-corrected chi connectivity index (χ1v) is 5.80. The molecule has 1 radical (unpaired) electrons. The van der Waals surface area contributed by atoms with Crippen molar-refractivity contribution >= 4 is 12.6 Å². The van der Waals surface area contributed by atoms with Gasteiger partial charge >= 0.3 is 0 Å². The molecule has 0 fully saturated rings. The number of rotatable bonds is 3. The van der Waals surface area contributed by atoms with Gasteiger partial charge in [0, 0.05) is 5.75 Å². The molecule has 0 unspecified atom stereocenters. The van der Waals surface area contributed by atoms with Gasteiger partial charge < -0.3 is 0 Å². The largest absolute Gasteiger partial charge is 0.0939 e. The summed E-state index contributed by atoms with van der Waals surface area (Å²) in [5.41, 5.74) is 0.851. The summed E-state index contributed by atoms with van der Waals surface area (Å²) in [6.45, 7) is 13.8. The number of hydrogen-bond acceptors (Lipinski definition) is 0. The topological polar surface area (TPSA) is 0 Å². The summed E-state index contributed by atoms with van der Waals surface area (Å²) in [6, 6.07) is 0. The highest BCUT2D eigenvalue weighted by Crippen LogP contribution is 2.33. The first-order valence-electron chi connectivity index (χ1n) is 5.22. The fourth-order valence-corrected chi connectivity index (χ4v) is 2.16. The van der Waals surface area contributed by atoms with Crippen LogP contribution in [0.5, 0.6) is 0 Å². The van der Waals surface area contributed by atoms with Crippen LogP contribution in [0.15, 0.2) is 0 Å². The molecule has 0 aliphatic carbocycles. The zero-order valence-electron chi connectivity index (χ0n) is 10.1. The van der Waals surface area contributed by atoms with Crippen LogP contribution in [0.1, 0.15) is 54.4 Å². The quantitative estimate of drug-likeness (QED) is 0.622. The smallest absolute Gasteiger partial charge is 0.00657 e. The predicted octanol–water partition coefficient (Wildman–Crippen LogP) is 4.67. The first kappa shape index (κ1) is 13.4. The Morgan fingerprint density at radius 2 is 1.15 bits per heavy atom. The zero-order chi connectivity index (χ0) is 10.7. The van der Waals surface area contributed by atoms with E-state index < -0.39 is 0 Å². The highest BCUT2D eigenvalue weighted by molar-refractivity contribution is 7.80. The fraction of sp³-hybridized carbons (Fsp3) is 1.00. The standard InChI is InChI=1S/C12H25S/c1-11(2,3)7-10(9-13)8-12(4,5)6/h10H,7-9H2,1-6H3. The Morgan fingerprint density at radius 3 is 1.31 bits per heavy atom. The zero-order valence-corrected chi connectivity index (χ0v) is 10.9. The van der Waals surface area contributed by atoms with E-state index in [2.05, 4.69) is 41.5 Å². The van der Waals surface area contributed by atoms with Gasteiger partial charge in [0.25, 0.3) is 0 Å². The highest BCUT2D eigenvalue weighted by Gasteiger charge is 2.22. The molecular formula is C12H25S. The molecule has 0 atom stereocenters. The molecule has 0 bridgehead atoms. The van der Waals surface area contributed by atoms with Gasteiger partial charge in [-0.1, -0.05) is 54.2 Å². The fourth-order valence-electron chi connectivity index (χ4n) is 1.92. The van der Waals surface area contributed by atoms with E-state index in [-0.39, 0.29) is 0 Å². The SMILES string of the molecule is CC(C)(C)CC(C[S])CC(C)(C)C. The van der Waals surface area contributed by atoms with Crippen molar-refractivity contribution in [2.24, 2.45) is 16.7 Å². The maximum Gasteiger partial charge on any atom is 0.00657 e. The van der Waals surface area contributed by atoms with Crippen molar-refractivity contribution in [3.05, 3.63) is 0 Å². The van der Waals surface area contributed by atoms with Gasteiger partial charge in [-0.25, -0.2) is 0 Å². The van der Waals surface area contributed by atoms with E-state index in [1.807, 2.05) is 0 Å². The highest BCUT2D eigenvalue weighted by atomic mass is 32.1. The molecule has 0 aromatic heterocycles. The van der Waals surface area contributed by atoms with Crippen molar-refractivity contribution in [3.8, 4) is 0 Å². The Kier molecular flexibility index (Phi) is 4.85. The molecular weight excluding hydrogens is 176 g/mol. The Bertz CT molecular complexity index is 120. The van der Waals surface area contributed by atoms with Crippen LogP contribution >= 0.6 is 12.6 Å². The minimum Gasteiger partial charge on any atom is -0.0939 e. The van der Waals surface area contributed by atoms with Gasteiger partial charge in [-0.05, 0) is 29.6 Å². The van der Waals surface area contributed by atoms with Gasteiger partial charge in [-0.15, -0.1) is 0 Å². The van der Waals surface area contributed by atoms with E-state index in [1.54, 1.807) is 0 Å². The van der Waals surface area contributed by atoms with Crippen LogP contribution < -0.4 is 0 Å². The van der Waals surface area contributed by atoms with Crippen LogP contribution in [0, 0.1) is 16.7 Å². The van der Waals surface area contributed by atoms with Gasteiger partial charge in [0.05, 0.1) is 0 Å². The molecule has 0 aromatic rings. The molecule has 0 aliphatic heterocycles. The van der Waals surface area contributed by atoms with Crippen molar-refractivity contribution in [1.82, 2.24) is 0 Å². The third kappa shape index (κ3) is 8.67. The second kappa shape index (κ2) is 4.72. The molecule has 0 heterocycles. The maximum absolute atomic E-state index is 5.21. The summed E-state index contributed by atoms with van der Waals surface area (Å²) >= 11 is 5.21. The third-order valence-electron chi connectivity index (χ3n) is 2.04. The second-order valence-corrected chi connectivity index (χ2v) is 6.90. The van der Waals surface area contributed by atoms with E-state index >= 15 is 0 Å². The van der Waals surface area contributed by atoms with E-state index in [0.29, 0.717) is 10.8 Å². The van der Waals surface area contributed by atoms with E-state index in [4.69, 9.17) is 12.6 Å². The first-order chi connectivity index (χ1) is 5.64. The van der Waals surface area contributed by atoms with Gasteiger partial charge in [-0.2, -0.15) is 0 Å². The lowest BCUT2D eigenvalue weighted by atomic mass is 9.78. The summed E-state index contributed by atoms with van der Waals surface area (Å²) in [6.07, 6.45) is 2.52. The Hall–Kier alpha value is 0.350. The molecule has 79 valence electrons. The van der Waals surface area contributed by atoms with Crippen molar-refractivity contribution in [1.29, 1.82) is 0 Å². The van der Waals surface area contributed by atoms with Crippen molar-refractivity contribution in [2.75, 3.05) is 5.75 Å². The molecule has 0 saturated carbocycles. The molecule has 13 heavy (non-hydrogen) atoms. The summed E-state index contributed by atoms with van der Waals surface area (Å²) in [7, 11) is 0. The molecule has 1 heteroatoms. The second-order valence-electron chi connectivity index (χ2n) is 6.56. The van der Waals surface area contributed by atoms with Gasteiger partial charge in [0.15, 0.2) is 0 Å². The molecule has 0 aromatic carbocycles. The van der Waals surface area contributed by atoms with Crippen molar-refractivity contribution in [2.45, 2.75) is 54.4 Å². The molecule has 0 nitrogen and oxygen atoms in total.